The molecule has 0 spiro atoms. The van der Waals surface area contributed by atoms with Crippen molar-refractivity contribution in [1.29, 1.82) is 0 Å². The van der Waals surface area contributed by atoms with Gasteiger partial charge in [0.25, 0.3) is 0 Å². The van der Waals surface area contributed by atoms with Gasteiger partial charge in [0.2, 0.25) is 0 Å². The third-order valence-corrected chi connectivity index (χ3v) is 4.72. The van der Waals surface area contributed by atoms with Crippen molar-refractivity contribution in [3.63, 3.8) is 0 Å². The first kappa shape index (κ1) is 12.6. The highest BCUT2D eigenvalue weighted by Crippen LogP contribution is 2.47. The van der Waals surface area contributed by atoms with Gasteiger partial charge in [-0.25, -0.2) is 0 Å². The molecule has 100 valence electrons. The van der Waals surface area contributed by atoms with Gasteiger partial charge < -0.3 is 0 Å². The molecule has 1 saturated carbocycles. The minimum atomic E-state index is 0.250. The molecule has 0 aromatic heterocycles. The Morgan fingerprint density at radius 1 is 1.05 bits per heavy atom. The highest BCUT2D eigenvalue weighted by Gasteiger charge is 2.37. The van der Waals surface area contributed by atoms with E-state index in [1.54, 1.807) is 0 Å². The zero-order valence-electron chi connectivity index (χ0n) is 11.5. The van der Waals surface area contributed by atoms with Crippen LogP contribution in [0.3, 0.4) is 0 Å². The molecule has 19 heavy (non-hydrogen) atoms. The maximum Gasteiger partial charge on any atom is 0.0513 e. The van der Waals surface area contributed by atoms with Crippen LogP contribution in [-0.4, -0.2) is 0 Å². The third-order valence-electron chi connectivity index (χ3n) is 4.72. The predicted molar refractivity (Wildman–Crippen MR) is 80.6 cm³/mol. The van der Waals surface area contributed by atoms with Crippen LogP contribution in [0.5, 0.6) is 0 Å². The van der Waals surface area contributed by atoms with Crippen LogP contribution in [-0.2, 0) is 0 Å². The molecule has 1 unspecified atom stereocenters. The average Bonchev–Trinajstić information content (AvgIpc) is 2.87. The molecule has 1 aliphatic carbocycles. The molecule has 2 heteroatoms. The molecule has 0 radical (unpaired) electrons. The fraction of sp³-hybridized carbons (Fsp3) is 0.412. The van der Waals surface area contributed by atoms with Crippen molar-refractivity contribution in [3.8, 4) is 0 Å². The number of rotatable bonds is 3. The first-order chi connectivity index (χ1) is 9.23. The molecule has 3 N–H and O–H groups in total. The lowest BCUT2D eigenvalue weighted by molar-refractivity contribution is 0.225. The Labute approximate surface area is 115 Å². The average molecular weight is 254 g/mol. The number of hydrogen-bond donors (Lipinski definition) is 2. The van der Waals surface area contributed by atoms with Crippen LogP contribution in [0, 0.1) is 5.41 Å². The summed E-state index contributed by atoms with van der Waals surface area (Å²) >= 11 is 0. The first-order valence-corrected chi connectivity index (χ1v) is 7.18. The summed E-state index contributed by atoms with van der Waals surface area (Å²) in [7, 11) is 0. The van der Waals surface area contributed by atoms with Crippen LogP contribution in [0.25, 0.3) is 10.8 Å². The van der Waals surface area contributed by atoms with Gasteiger partial charge >= 0.3 is 0 Å². The van der Waals surface area contributed by atoms with Crippen molar-refractivity contribution >= 4 is 10.8 Å². The molecular formula is C17H22N2. The van der Waals surface area contributed by atoms with Gasteiger partial charge in [-0.2, -0.15) is 0 Å². The van der Waals surface area contributed by atoms with E-state index in [0.717, 1.165) is 0 Å². The van der Waals surface area contributed by atoms with Gasteiger partial charge in [-0.3, -0.25) is 11.3 Å². The SMILES string of the molecule is CC1(C(NN)c2ccc3ccccc3c2)CCCC1. The third kappa shape index (κ3) is 2.26. The molecular weight excluding hydrogens is 232 g/mol. The number of hydrogen-bond acceptors (Lipinski definition) is 2. The van der Waals surface area contributed by atoms with Gasteiger partial charge in [-0.05, 0) is 40.7 Å². The lowest BCUT2D eigenvalue weighted by Crippen LogP contribution is -2.38. The van der Waals surface area contributed by atoms with E-state index in [9.17, 15) is 0 Å². The summed E-state index contributed by atoms with van der Waals surface area (Å²) in [6.07, 6.45) is 5.16. The van der Waals surface area contributed by atoms with Gasteiger partial charge in [-0.15, -0.1) is 0 Å². The molecule has 2 nitrogen and oxygen atoms in total. The predicted octanol–water partition coefficient (Wildman–Crippen LogP) is 3.92. The Kier molecular flexibility index (Phi) is 3.29. The molecule has 1 aliphatic rings. The molecule has 0 aliphatic heterocycles. The highest BCUT2D eigenvalue weighted by atomic mass is 15.2. The fourth-order valence-corrected chi connectivity index (χ4v) is 3.56. The zero-order valence-corrected chi connectivity index (χ0v) is 11.5. The van der Waals surface area contributed by atoms with Crippen LogP contribution >= 0.6 is 0 Å². The molecule has 2 aromatic carbocycles. The van der Waals surface area contributed by atoms with Crippen LogP contribution < -0.4 is 11.3 Å². The van der Waals surface area contributed by atoms with Crippen molar-refractivity contribution in [2.24, 2.45) is 11.3 Å². The fourth-order valence-electron chi connectivity index (χ4n) is 3.56. The summed E-state index contributed by atoms with van der Waals surface area (Å²) in [5.74, 6) is 5.86. The number of hydrazine groups is 1. The molecule has 0 saturated heterocycles. The zero-order chi connectivity index (χ0) is 13.3. The summed E-state index contributed by atoms with van der Waals surface area (Å²) in [6, 6.07) is 15.4. The van der Waals surface area contributed by atoms with Crippen LogP contribution in [0.15, 0.2) is 42.5 Å². The summed E-state index contributed by atoms with van der Waals surface area (Å²) < 4.78 is 0. The van der Waals surface area contributed by atoms with E-state index < -0.39 is 0 Å². The van der Waals surface area contributed by atoms with E-state index in [0.29, 0.717) is 0 Å². The van der Waals surface area contributed by atoms with Crippen molar-refractivity contribution in [2.75, 3.05) is 0 Å². The number of fused-ring (bicyclic) bond motifs is 1. The lowest BCUT2D eigenvalue weighted by Gasteiger charge is -2.34. The van der Waals surface area contributed by atoms with Crippen LogP contribution in [0.4, 0.5) is 0 Å². The van der Waals surface area contributed by atoms with Gasteiger partial charge in [0, 0.05) is 0 Å². The topological polar surface area (TPSA) is 38.0 Å². The Balaban J connectivity index is 2.01. The summed E-state index contributed by atoms with van der Waals surface area (Å²) in [4.78, 5) is 0. The van der Waals surface area contributed by atoms with Crippen molar-refractivity contribution in [1.82, 2.24) is 5.43 Å². The smallest absolute Gasteiger partial charge is 0.0513 e. The number of nitrogens with one attached hydrogen (secondary N) is 1. The van der Waals surface area contributed by atoms with Gasteiger partial charge in [0.15, 0.2) is 0 Å². The van der Waals surface area contributed by atoms with E-state index >= 15 is 0 Å². The second-order valence-corrected chi connectivity index (χ2v) is 6.07. The van der Waals surface area contributed by atoms with Crippen molar-refractivity contribution in [2.45, 2.75) is 38.6 Å². The molecule has 2 aromatic rings. The van der Waals surface area contributed by atoms with E-state index in [1.807, 2.05) is 0 Å². The Hall–Kier alpha value is -1.38. The Bertz CT molecular complexity index is 570. The summed E-state index contributed by atoms with van der Waals surface area (Å²) in [5.41, 5.74) is 4.67. The standard InChI is InChI=1S/C17H22N2/c1-17(10-4-5-11-17)16(19-18)15-9-8-13-6-2-3-7-14(13)12-15/h2-3,6-9,12,16,19H,4-5,10-11,18H2,1H3. The number of benzene rings is 2. The molecule has 0 bridgehead atoms. The van der Waals surface area contributed by atoms with Crippen molar-refractivity contribution < 1.29 is 0 Å². The summed E-state index contributed by atoms with van der Waals surface area (Å²) in [5, 5.41) is 2.58. The normalized spacial score (nSPS) is 19.7. The minimum absolute atomic E-state index is 0.250. The lowest BCUT2D eigenvalue weighted by atomic mass is 9.77. The Morgan fingerprint density at radius 3 is 2.42 bits per heavy atom. The Morgan fingerprint density at radius 2 is 1.74 bits per heavy atom. The minimum Gasteiger partial charge on any atom is -0.271 e. The van der Waals surface area contributed by atoms with Gasteiger partial charge in [-0.1, -0.05) is 56.2 Å². The molecule has 1 fully saturated rings. The largest absolute Gasteiger partial charge is 0.271 e. The van der Waals surface area contributed by atoms with Crippen LogP contribution in [0.2, 0.25) is 0 Å². The molecule has 3 rings (SSSR count). The molecule has 0 heterocycles. The van der Waals surface area contributed by atoms with Crippen LogP contribution in [0.1, 0.15) is 44.2 Å². The van der Waals surface area contributed by atoms with Gasteiger partial charge in [0.05, 0.1) is 6.04 Å². The van der Waals surface area contributed by atoms with E-state index in [2.05, 4.69) is 54.8 Å². The first-order valence-electron chi connectivity index (χ1n) is 7.18. The van der Waals surface area contributed by atoms with E-state index in [-0.39, 0.29) is 11.5 Å². The monoisotopic (exact) mass is 254 g/mol. The molecule has 1 atom stereocenters. The van der Waals surface area contributed by atoms with Gasteiger partial charge in [0.1, 0.15) is 0 Å². The highest BCUT2D eigenvalue weighted by molar-refractivity contribution is 5.83. The second-order valence-electron chi connectivity index (χ2n) is 6.07. The van der Waals surface area contributed by atoms with E-state index in [1.165, 1.54) is 42.0 Å². The van der Waals surface area contributed by atoms with E-state index in [4.69, 9.17) is 5.84 Å². The second kappa shape index (κ2) is 4.95. The maximum atomic E-state index is 5.86. The quantitative estimate of drug-likeness (QED) is 0.643. The van der Waals surface area contributed by atoms with Crippen molar-refractivity contribution in [3.05, 3.63) is 48.0 Å². The number of nitrogens with two attached hydrogens (primary N) is 1. The maximum absolute atomic E-state index is 5.86. The summed E-state index contributed by atoms with van der Waals surface area (Å²) in [6.45, 7) is 2.36. The molecule has 0 amide bonds.